The van der Waals surface area contributed by atoms with Crippen LogP contribution in [0.3, 0.4) is 0 Å². The number of hydrogen-bond donors (Lipinski definition) is 2. The first kappa shape index (κ1) is 24.3. The Morgan fingerprint density at radius 3 is 2.27 bits per heavy atom. The Hall–Kier alpha value is -4.40. The van der Waals surface area contributed by atoms with E-state index in [0.717, 1.165) is 27.8 Å². The fourth-order valence-corrected chi connectivity index (χ4v) is 4.45. The molecule has 3 aliphatic rings. The maximum absolute atomic E-state index is 13.1. The monoisotopic (exact) mass is 500 g/mol. The van der Waals surface area contributed by atoms with Crippen LogP contribution in [0, 0.1) is 0 Å². The number of hydrogen-bond acceptors (Lipinski definition) is 8. The lowest BCUT2D eigenvalue weighted by atomic mass is 9.99. The lowest BCUT2D eigenvalue weighted by Gasteiger charge is -2.13. The molecule has 0 aromatic heterocycles. The van der Waals surface area contributed by atoms with Crippen LogP contribution in [-0.2, 0) is 16.2 Å². The minimum absolute atomic E-state index is 0.120. The molecule has 8 nitrogen and oxygen atoms in total. The van der Waals surface area contributed by atoms with Crippen LogP contribution < -0.4 is 9.47 Å². The van der Waals surface area contributed by atoms with Gasteiger partial charge in [0.2, 0.25) is 0 Å². The van der Waals surface area contributed by atoms with Crippen molar-refractivity contribution in [1.29, 1.82) is 0 Å². The van der Waals surface area contributed by atoms with E-state index in [9.17, 15) is 14.7 Å². The molecule has 8 heteroatoms. The summed E-state index contributed by atoms with van der Waals surface area (Å²) in [6.45, 7) is -0.0131. The van der Waals surface area contributed by atoms with Crippen molar-refractivity contribution in [3.63, 3.8) is 0 Å². The second-order valence-electron chi connectivity index (χ2n) is 8.40. The zero-order valence-corrected chi connectivity index (χ0v) is 19.8. The molecule has 0 bridgehead atoms. The average molecular weight is 501 g/mol. The standard InChI is InChI=1S/C29H24O8/c30-12-14-34-22-7-4-19(5-8-22)28(32)36-37-29(33)24-10-11-26(35-15-13-31)25-17-21-16-20-3-1-2-18(20)6-9-23(21)27(24)25/h1-11,16,30-31H,12-15,17H2. The van der Waals surface area contributed by atoms with Gasteiger partial charge in [-0.05, 0) is 58.7 Å². The molecule has 5 rings (SSSR count). The first-order chi connectivity index (χ1) is 18.1. The molecule has 0 fully saturated rings. The summed E-state index contributed by atoms with van der Waals surface area (Å²) in [7, 11) is 0. The average Bonchev–Trinajstić information content (AvgIpc) is 3.48. The number of ether oxygens (including phenoxy) is 2. The van der Waals surface area contributed by atoms with Crippen LogP contribution in [0.15, 0.2) is 72.8 Å². The topological polar surface area (TPSA) is 112 Å². The minimum Gasteiger partial charge on any atom is -0.491 e. The van der Waals surface area contributed by atoms with E-state index in [-0.39, 0.29) is 37.6 Å². The second-order valence-corrected chi connectivity index (χ2v) is 8.40. The molecular weight excluding hydrogens is 476 g/mol. The van der Waals surface area contributed by atoms with Crippen LogP contribution in [0.25, 0.3) is 22.3 Å². The molecule has 3 aliphatic carbocycles. The van der Waals surface area contributed by atoms with Crippen LogP contribution in [0.4, 0.5) is 0 Å². The maximum atomic E-state index is 13.1. The van der Waals surface area contributed by atoms with Crippen LogP contribution in [0.5, 0.6) is 11.5 Å². The van der Waals surface area contributed by atoms with Gasteiger partial charge < -0.3 is 19.7 Å². The Balaban J connectivity index is 1.40. The molecule has 0 amide bonds. The summed E-state index contributed by atoms with van der Waals surface area (Å²) in [4.78, 5) is 35.3. The highest BCUT2D eigenvalue weighted by Gasteiger charge is 2.29. The lowest BCUT2D eigenvalue weighted by Crippen LogP contribution is -2.13. The molecule has 0 aliphatic heterocycles. The number of benzene rings is 2. The Morgan fingerprint density at radius 1 is 0.757 bits per heavy atom. The Morgan fingerprint density at radius 2 is 1.49 bits per heavy atom. The number of aliphatic hydroxyl groups is 2. The summed E-state index contributed by atoms with van der Waals surface area (Å²) < 4.78 is 11.0. The SMILES string of the molecule is O=C(OOC(=O)c1ccc(OCCO)c2c1-c1ccc3cccc-3cc1C2)c1ccc(OCCO)cc1. The molecule has 37 heavy (non-hydrogen) atoms. The molecule has 2 aromatic rings. The fraction of sp³-hybridized carbons (Fsp3) is 0.172. The highest BCUT2D eigenvalue weighted by molar-refractivity contribution is 6.01. The van der Waals surface area contributed by atoms with Crippen LogP contribution >= 0.6 is 0 Å². The molecule has 0 heterocycles. The number of aliphatic hydroxyl groups excluding tert-OH is 2. The summed E-state index contributed by atoms with van der Waals surface area (Å²) in [6.07, 6.45) is 0.534. The fourth-order valence-electron chi connectivity index (χ4n) is 4.45. The van der Waals surface area contributed by atoms with Crippen molar-refractivity contribution in [2.24, 2.45) is 0 Å². The number of carbonyl (C=O) groups is 2. The molecule has 2 N–H and O–H groups in total. The molecular formula is C29H24O8. The third-order valence-corrected chi connectivity index (χ3v) is 6.11. The Kier molecular flexibility index (Phi) is 7.02. The second kappa shape index (κ2) is 10.7. The van der Waals surface area contributed by atoms with Crippen molar-refractivity contribution in [3.8, 4) is 33.8 Å². The quantitative estimate of drug-likeness (QED) is 0.243. The van der Waals surface area contributed by atoms with Crippen LogP contribution in [-0.4, -0.2) is 48.6 Å². The van der Waals surface area contributed by atoms with E-state index in [2.05, 4.69) is 6.07 Å². The van der Waals surface area contributed by atoms with Gasteiger partial charge in [0.05, 0.1) is 24.3 Å². The van der Waals surface area contributed by atoms with Gasteiger partial charge in [0.15, 0.2) is 0 Å². The molecule has 0 saturated heterocycles. The van der Waals surface area contributed by atoms with Gasteiger partial charge in [-0.25, -0.2) is 19.4 Å². The summed E-state index contributed by atoms with van der Waals surface area (Å²) in [6, 6.07) is 21.3. The highest BCUT2D eigenvalue weighted by Crippen LogP contribution is 2.45. The number of fused-ring (bicyclic) bond motifs is 4. The third-order valence-electron chi connectivity index (χ3n) is 6.11. The third kappa shape index (κ3) is 4.97. The van der Waals surface area contributed by atoms with Crippen molar-refractivity contribution in [2.75, 3.05) is 26.4 Å². The van der Waals surface area contributed by atoms with Crippen LogP contribution in [0.1, 0.15) is 31.8 Å². The van der Waals surface area contributed by atoms with Gasteiger partial charge >= 0.3 is 11.9 Å². The van der Waals surface area contributed by atoms with Gasteiger partial charge in [-0.1, -0.05) is 36.4 Å². The molecule has 2 aromatic carbocycles. The van der Waals surface area contributed by atoms with Gasteiger partial charge in [0.25, 0.3) is 0 Å². The summed E-state index contributed by atoms with van der Waals surface area (Å²) in [5.41, 5.74) is 5.88. The lowest BCUT2D eigenvalue weighted by molar-refractivity contribution is -0.187. The van der Waals surface area contributed by atoms with Crippen molar-refractivity contribution in [1.82, 2.24) is 0 Å². The van der Waals surface area contributed by atoms with Crippen molar-refractivity contribution in [2.45, 2.75) is 6.42 Å². The molecule has 0 atom stereocenters. The van der Waals surface area contributed by atoms with Crippen molar-refractivity contribution >= 4 is 11.9 Å². The largest absolute Gasteiger partial charge is 0.491 e. The summed E-state index contributed by atoms with van der Waals surface area (Å²) >= 11 is 0. The van der Waals surface area contributed by atoms with E-state index in [0.29, 0.717) is 23.5 Å². The van der Waals surface area contributed by atoms with Crippen LogP contribution in [0.2, 0.25) is 0 Å². The zero-order chi connectivity index (χ0) is 25.8. The van der Waals surface area contributed by atoms with Gasteiger partial charge in [-0.3, -0.25) is 0 Å². The predicted octanol–water partition coefficient (Wildman–Crippen LogP) is 4.03. The van der Waals surface area contributed by atoms with Gasteiger partial charge in [-0.15, -0.1) is 0 Å². The van der Waals surface area contributed by atoms with Crippen molar-refractivity contribution < 1.29 is 39.1 Å². The van der Waals surface area contributed by atoms with E-state index in [1.54, 1.807) is 24.3 Å². The van der Waals surface area contributed by atoms with Gasteiger partial charge in [-0.2, -0.15) is 0 Å². The van der Waals surface area contributed by atoms with E-state index in [4.69, 9.17) is 24.4 Å². The number of rotatable bonds is 8. The van der Waals surface area contributed by atoms with Gasteiger partial charge in [0, 0.05) is 17.5 Å². The summed E-state index contributed by atoms with van der Waals surface area (Å²) in [5, 5.41) is 18.1. The molecule has 0 unspecified atom stereocenters. The first-order valence-corrected chi connectivity index (χ1v) is 11.8. The molecule has 0 radical (unpaired) electrons. The first-order valence-electron chi connectivity index (χ1n) is 11.8. The Bertz CT molecular complexity index is 1410. The Labute approximate surface area is 212 Å². The summed E-state index contributed by atoms with van der Waals surface area (Å²) in [5.74, 6) is -0.613. The molecule has 0 spiro atoms. The predicted molar refractivity (Wildman–Crippen MR) is 134 cm³/mol. The maximum Gasteiger partial charge on any atom is 0.386 e. The van der Waals surface area contributed by atoms with E-state index in [1.807, 2.05) is 30.3 Å². The molecule has 0 saturated carbocycles. The number of carbonyl (C=O) groups excluding carboxylic acids is 2. The van der Waals surface area contributed by atoms with E-state index < -0.39 is 11.9 Å². The highest BCUT2D eigenvalue weighted by atomic mass is 17.2. The van der Waals surface area contributed by atoms with E-state index >= 15 is 0 Å². The zero-order valence-electron chi connectivity index (χ0n) is 19.8. The van der Waals surface area contributed by atoms with Gasteiger partial charge in [0.1, 0.15) is 24.7 Å². The molecule has 188 valence electrons. The minimum atomic E-state index is -0.841. The van der Waals surface area contributed by atoms with E-state index in [1.165, 1.54) is 12.1 Å². The smallest absolute Gasteiger partial charge is 0.386 e. The normalized spacial score (nSPS) is 11.5. The van der Waals surface area contributed by atoms with Crippen molar-refractivity contribution in [3.05, 3.63) is 95.1 Å².